The van der Waals surface area contributed by atoms with Gasteiger partial charge in [0.1, 0.15) is 0 Å². The van der Waals surface area contributed by atoms with Crippen LogP contribution in [0, 0.1) is 5.41 Å². The zero-order valence-corrected chi connectivity index (χ0v) is 14.2. The van der Waals surface area contributed by atoms with Crippen LogP contribution in [0.15, 0.2) is 30.3 Å². The number of rotatable bonds is 4. The van der Waals surface area contributed by atoms with Crippen molar-refractivity contribution in [3.8, 4) is 0 Å². The fraction of sp³-hybridized carbons (Fsp3) is 0.611. The van der Waals surface area contributed by atoms with E-state index in [-0.39, 0.29) is 5.25 Å². The van der Waals surface area contributed by atoms with Gasteiger partial charge in [-0.25, -0.2) is 0 Å². The molecule has 1 unspecified atom stereocenters. The minimum atomic E-state index is 0.0518. The molecule has 1 spiro atoms. The van der Waals surface area contributed by atoms with Gasteiger partial charge in [-0.1, -0.05) is 30.3 Å². The van der Waals surface area contributed by atoms with Crippen molar-refractivity contribution < 1.29 is 4.79 Å². The van der Waals surface area contributed by atoms with Crippen LogP contribution in [0.25, 0.3) is 0 Å². The monoisotopic (exact) mass is 318 g/mol. The van der Waals surface area contributed by atoms with Crippen molar-refractivity contribution in [3.05, 3.63) is 35.9 Å². The van der Waals surface area contributed by atoms with Gasteiger partial charge in [0.2, 0.25) is 5.91 Å². The maximum atomic E-state index is 12.6. The minimum absolute atomic E-state index is 0.0518. The van der Waals surface area contributed by atoms with E-state index in [0.717, 1.165) is 31.9 Å². The average Bonchev–Trinajstić information content (AvgIpc) is 3.02. The van der Waals surface area contributed by atoms with Crippen LogP contribution in [-0.2, 0) is 10.5 Å². The lowest BCUT2D eigenvalue weighted by atomic mass is 9.78. The lowest BCUT2D eigenvalue weighted by Gasteiger charge is -2.39. The second-order valence-corrected chi connectivity index (χ2v) is 8.02. The van der Waals surface area contributed by atoms with Crippen molar-refractivity contribution in [1.29, 1.82) is 0 Å². The molecule has 22 heavy (non-hydrogen) atoms. The standard InChI is InChI=1S/C18H26N2OS/c1-15(22-13-16-5-3-2-4-6-16)17(21)20-11-8-18(9-12-20)7-10-19-14-18/h2-6,15,19H,7-14H2,1H3. The molecule has 0 aromatic heterocycles. The van der Waals surface area contributed by atoms with Gasteiger partial charge in [-0.3, -0.25) is 4.79 Å². The number of piperidine rings is 1. The summed E-state index contributed by atoms with van der Waals surface area (Å²) >= 11 is 1.75. The maximum absolute atomic E-state index is 12.6. The number of nitrogens with one attached hydrogen (secondary N) is 1. The van der Waals surface area contributed by atoms with Gasteiger partial charge in [0.25, 0.3) is 0 Å². The first-order valence-electron chi connectivity index (χ1n) is 8.34. The highest BCUT2D eigenvalue weighted by Crippen LogP contribution is 2.37. The normalized spacial score (nSPS) is 22.0. The van der Waals surface area contributed by atoms with Crippen LogP contribution in [-0.4, -0.2) is 42.2 Å². The van der Waals surface area contributed by atoms with Crippen molar-refractivity contribution in [2.45, 2.75) is 37.2 Å². The smallest absolute Gasteiger partial charge is 0.235 e. The van der Waals surface area contributed by atoms with Crippen molar-refractivity contribution in [3.63, 3.8) is 0 Å². The predicted octanol–water partition coefficient (Wildman–Crippen LogP) is 2.91. The summed E-state index contributed by atoms with van der Waals surface area (Å²) in [7, 11) is 0. The number of amides is 1. The second-order valence-electron chi connectivity index (χ2n) is 6.69. The van der Waals surface area contributed by atoms with Crippen LogP contribution in [0.4, 0.5) is 0 Å². The molecule has 2 aliphatic rings. The predicted molar refractivity (Wildman–Crippen MR) is 92.9 cm³/mol. The third kappa shape index (κ3) is 3.66. The number of thioether (sulfide) groups is 1. The van der Waals surface area contributed by atoms with Gasteiger partial charge >= 0.3 is 0 Å². The molecular weight excluding hydrogens is 292 g/mol. The molecule has 0 saturated carbocycles. The van der Waals surface area contributed by atoms with Crippen molar-refractivity contribution in [2.24, 2.45) is 5.41 Å². The van der Waals surface area contributed by atoms with Gasteiger partial charge in [-0.05, 0) is 43.7 Å². The SMILES string of the molecule is CC(SCc1ccccc1)C(=O)N1CCC2(CCNC2)CC1. The lowest BCUT2D eigenvalue weighted by Crippen LogP contribution is -2.46. The number of carbonyl (C=O) groups excluding carboxylic acids is 1. The molecule has 0 bridgehead atoms. The van der Waals surface area contributed by atoms with Crippen molar-refractivity contribution >= 4 is 17.7 Å². The van der Waals surface area contributed by atoms with E-state index < -0.39 is 0 Å². The van der Waals surface area contributed by atoms with Crippen LogP contribution in [0.5, 0.6) is 0 Å². The molecule has 3 rings (SSSR count). The molecule has 2 fully saturated rings. The van der Waals surface area contributed by atoms with Gasteiger partial charge < -0.3 is 10.2 Å². The first-order chi connectivity index (χ1) is 10.7. The molecule has 2 aliphatic heterocycles. The van der Waals surface area contributed by atoms with Crippen LogP contribution in [0.3, 0.4) is 0 Å². The lowest BCUT2D eigenvalue weighted by molar-refractivity contribution is -0.132. The Labute approximate surface area is 137 Å². The van der Waals surface area contributed by atoms with Crippen LogP contribution >= 0.6 is 11.8 Å². The first kappa shape index (κ1) is 15.9. The Balaban J connectivity index is 1.47. The zero-order chi connectivity index (χ0) is 15.4. The van der Waals surface area contributed by atoms with Gasteiger partial charge in [0.05, 0.1) is 5.25 Å². The van der Waals surface area contributed by atoms with Crippen molar-refractivity contribution in [1.82, 2.24) is 10.2 Å². The minimum Gasteiger partial charge on any atom is -0.342 e. The summed E-state index contributed by atoms with van der Waals surface area (Å²) in [5, 5.41) is 3.53. The Morgan fingerprint density at radius 2 is 2.00 bits per heavy atom. The fourth-order valence-electron chi connectivity index (χ4n) is 3.55. The summed E-state index contributed by atoms with van der Waals surface area (Å²) in [5.74, 6) is 1.23. The number of likely N-dealkylation sites (tertiary alicyclic amines) is 1. The van der Waals surface area contributed by atoms with E-state index in [1.807, 2.05) is 6.07 Å². The summed E-state index contributed by atoms with van der Waals surface area (Å²) < 4.78 is 0. The summed E-state index contributed by atoms with van der Waals surface area (Å²) in [6.45, 7) is 6.23. The van der Waals surface area contributed by atoms with E-state index >= 15 is 0 Å². The molecule has 2 heterocycles. The van der Waals surface area contributed by atoms with E-state index in [0.29, 0.717) is 11.3 Å². The number of nitrogens with zero attached hydrogens (tertiary/aromatic N) is 1. The van der Waals surface area contributed by atoms with Crippen molar-refractivity contribution in [2.75, 3.05) is 26.2 Å². The molecule has 1 aromatic rings. The number of hydrogen-bond acceptors (Lipinski definition) is 3. The third-order valence-corrected chi connectivity index (χ3v) is 6.36. The topological polar surface area (TPSA) is 32.3 Å². The molecule has 1 N–H and O–H groups in total. The van der Waals surface area contributed by atoms with Gasteiger partial charge in [0.15, 0.2) is 0 Å². The summed E-state index contributed by atoms with van der Waals surface area (Å²) in [6, 6.07) is 10.4. The highest BCUT2D eigenvalue weighted by molar-refractivity contribution is 7.99. The summed E-state index contributed by atoms with van der Waals surface area (Å²) in [6.07, 6.45) is 3.62. The Morgan fingerprint density at radius 3 is 2.64 bits per heavy atom. The largest absolute Gasteiger partial charge is 0.342 e. The Bertz CT molecular complexity index is 489. The maximum Gasteiger partial charge on any atom is 0.235 e. The third-order valence-electron chi connectivity index (χ3n) is 5.16. The average molecular weight is 318 g/mol. The first-order valence-corrected chi connectivity index (χ1v) is 9.38. The molecule has 1 aromatic carbocycles. The Kier molecular flexibility index (Phi) is 5.09. The number of benzene rings is 1. The highest BCUT2D eigenvalue weighted by Gasteiger charge is 2.38. The molecule has 120 valence electrons. The molecule has 4 heteroatoms. The number of hydrogen-bond donors (Lipinski definition) is 1. The zero-order valence-electron chi connectivity index (χ0n) is 13.4. The molecule has 0 radical (unpaired) electrons. The van der Waals surface area contributed by atoms with Gasteiger partial charge in [-0.2, -0.15) is 0 Å². The van der Waals surface area contributed by atoms with E-state index in [2.05, 4.69) is 41.4 Å². The molecule has 1 atom stereocenters. The molecule has 2 saturated heterocycles. The van der Waals surface area contributed by atoms with Gasteiger partial charge in [-0.15, -0.1) is 11.8 Å². The Morgan fingerprint density at radius 1 is 1.27 bits per heavy atom. The second kappa shape index (κ2) is 7.05. The molecule has 0 aliphatic carbocycles. The van der Waals surface area contributed by atoms with Gasteiger partial charge in [0, 0.05) is 25.4 Å². The van der Waals surface area contributed by atoms with E-state index in [9.17, 15) is 4.79 Å². The van der Waals surface area contributed by atoms with Crippen LogP contribution < -0.4 is 5.32 Å². The van der Waals surface area contributed by atoms with Crippen LogP contribution in [0.1, 0.15) is 31.7 Å². The van der Waals surface area contributed by atoms with Crippen LogP contribution in [0.2, 0.25) is 0 Å². The Hall–Kier alpha value is -1.00. The van der Waals surface area contributed by atoms with E-state index in [1.165, 1.54) is 24.8 Å². The quantitative estimate of drug-likeness (QED) is 0.926. The molecule has 1 amide bonds. The van der Waals surface area contributed by atoms with E-state index in [1.54, 1.807) is 11.8 Å². The number of carbonyl (C=O) groups is 1. The highest BCUT2D eigenvalue weighted by atomic mass is 32.2. The summed E-state index contributed by atoms with van der Waals surface area (Å²) in [5.41, 5.74) is 1.78. The summed E-state index contributed by atoms with van der Waals surface area (Å²) in [4.78, 5) is 14.7. The molecule has 3 nitrogen and oxygen atoms in total. The van der Waals surface area contributed by atoms with E-state index in [4.69, 9.17) is 0 Å². The molecular formula is C18H26N2OS. The fourth-order valence-corrected chi connectivity index (χ4v) is 4.47.